The van der Waals surface area contributed by atoms with Crippen LogP contribution >= 0.6 is 0 Å². The number of amides is 2. The Morgan fingerprint density at radius 3 is 2.49 bits per heavy atom. The van der Waals surface area contributed by atoms with Crippen LogP contribution in [0.4, 0.5) is 27.9 Å². The lowest BCUT2D eigenvalue weighted by molar-refractivity contribution is 0.262. The highest BCUT2D eigenvalue weighted by atomic mass is 16.5. The smallest absolute Gasteiger partial charge is 0.324 e. The van der Waals surface area contributed by atoms with Gasteiger partial charge in [-0.25, -0.2) is 19.4 Å². The number of nitrogens with zero attached hydrogens (tertiary/aromatic N) is 5. The van der Waals surface area contributed by atoms with Gasteiger partial charge in [0.25, 0.3) is 0 Å². The number of benzene rings is 3. The van der Waals surface area contributed by atoms with Crippen molar-refractivity contribution in [2.24, 2.45) is 0 Å². The molecule has 3 aromatic heterocycles. The number of aromatic nitrogens is 5. The molecule has 0 radical (unpaired) electrons. The Labute approximate surface area is 261 Å². The number of nitrogens with one attached hydrogen (secondary N) is 3. The molecule has 0 bridgehead atoms. The summed E-state index contributed by atoms with van der Waals surface area (Å²) in [6.45, 7) is 4.53. The van der Waals surface area contributed by atoms with Crippen LogP contribution in [0.5, 0.6) is 5.75 Å². The molecule has 3 heterocycles. The van der Waals surface area contributed by atoms with Crippen molar-refractivity contribution in [3.63, 3.8) is 0 Å². The summed E-state index contributed by atoms with van der Waals surface area (Å²) in [7, 11) is 0. The fourth-order valence-electron chi connectivity index (χ4n) is 4.95. The maximum Gasteiger partial charge on any atom is 0.324 e. The molecule has 0 saturated carbocycles. The Kier molecular flexibility index (Phi) is 8.91. The van der Waals surface area contributed by atoms with Crippen molar-refractivity contribution >= 4 is 39.9 Å². The van der Waals surface area contributed by atoms with Crippen LogP contribution in [0.3, 0.4) is 0 Å². The minimum Gasteiger partial charge on any atom is -0.488 e. The third kappa shape index (κ3) is 7.24. The topological polar surface area (TPSA) is 119 Å². The van der Waals surface area contributed by atoms with Crippen LogP contribution in [-0.2, 0) is 13.0 Å². The molecule has 10 heteroatoms. The van der Waals surface area contributed by atoms with Gasteiger partial charge in [-0.05, 0) is 61.7 Å². The van der Waals surface area contributed by atoms with E-state index in [2.05, 4.69) is 37.8 Å². The molecule has 0 aliphatic heterocycles. The summed E-state index contributed by atoms with van der Waals surface area (Å²) in [6.07, 6.45) is 9.53. The summed E-state index contributed by atoms with van der Waals surface area (Å²) in [5, 5.41) is 15.7. The molecular formula is C35H34N8O2. The second-order valence-electron chi connectivity index (χ2n) is 10.7. The molecule has 0 atom stereocenters. The highest BCUT2D eigenvalue weighted by Crippen LogP contribution is 2.32. The first-order valence-corrected chi connectivity index (χ1v) is 14.9. The van der Waals surface area contributed by atoms with E-state index in [0.717, 1.165) is 52.5 Å². The molecule has 0 aliphatic rings. The summed E-state index contributed by atoms with van der Waals surface area (Å²) in [4.78, 5) is 26.0. The van der Waals surface area contributed by atoms with E-state index in [1.807, 2.05) is 85.8 Å². The number of aryl methyl sites for hydroxylation is 2. The van der Waals surface area contributed by atoms with E-state index in [0.29, 0.717) is 35.5 Å². The van der Waals surface area contributed by atoms with Crippen molar-refractivity contribution in [2.45, 2.75) is 39.7 Å². The first kappa shape index (κ1) is 29.3. The van der Waals surface area contributed by atoms with E-state index < -0.39 is 0 Å². The quantitative estimate of drug-likeness (QED) is 0.139. The van der Waals surface area contributed by atoms with Gasteiger partial charge in [0.05, 0.1) is 23.3 Å². The third-order valence-corrected chi connectivity index (χ3v) is 7.24. The highest BCUT2D eigenvalue weighted by Gasteiger charge is 2.15. The van der Waals surface area contributed by atoms with E-state index >= 15 is 0 Å². The number of rotatable bonds is 11. The van der Waals surface area contributed by atoms with Gasteiger partial charge in [0.2, 0.25) is 0 Å². The van der Waals surface area contributed by atoms with Crippen molar-refractivity contribution in [1.82, 2.24) is 24.7 Å². The molecule has 3 aromatic carbocycles. The van der Waals surface area contributed by atoms with Gasteiger partial charge in [0.1, 0.15) is 29.8 Å². The van der Waals surface area contributed by atoms with Gasteiger partial charge < -0.3 is 15.4 Å². The molecule has 0 unspecified atom stereocenters. The monoisotopic (exact) mass is 598 g/mol. The standard InChI is InChI=1S/C35H34N8O2/c1-3-4-7-26-21-34(43(42-26)27-12-10-24(2)11-13-27)41-35(44)39-30-14-15-31(29-9-6-5-8-28(29)30)45-23-25-16-17-37-32(20-25)40-33-22-36-18-19-38-33/h5-6,8-22H,3-4,7,23H2,1-2H3,(H,37,38,40)(H2,39,41,44). The van der Waals surface area contributed by atoms with E-state index in [9.17, 15) is 4.79 Å². The van der Waals surface area contributed by atoms with E-state index in [1.54, 1.807) is 29.5 Å². The predicted molar refractivity (Wildman–Crippen MR) is 177 cm³/mol. The summed E-state index contributed by atoms with van der Waals surface area (Å²) in [6, 6.07) is 25.0. The lowest BCUT2D eigenvalue weighted by atomic mass is 10.1. The van der Waals surface area contributed by atoms with Gasteiger partial charge in [-0.3, -0.25) is 10.3 Å². The predicted octanol–water partition coefficient (Wildman–Crippen LogP) is 7.83. The zero-order valence-corrected chi connectivity index (χ0v) is 25.2. The lowest BCUT2D eigenvalue weighted by Gasteiger charge is -2.15. The maximum absolute atomic E-state index is 13.3. The van der Waals surface area contributed by atoms with Crippen molar-refractivity contribution < 1.29 is 9.53 Å². The van der Waals surface area contributed by atoms with E-state index in [-0.39, 0.29) is 6.03 Å². The number of urea groups is 1. The van der Waals surface area contributed by atoms with Crippen LogP contribution in [0.25, 0.3) is 16.5 Å². The number of anilines is 4. The summed E-state index contributed by atoms with van der Waals surface area (Å²) in [5.41, 5.74) is 4.58. The molecule has 0 aliphatic carbocycles. The molecule has 3 N–H and O–H groups in total. The van der Waals surface area contributed by atoms with Gasteiger partial charge in [0.15, 0.2) is 0 Å². The Balaban J connectivity index is 1.17. The molecule has 2 amide bonds. The second kappa shape index (κ2) is 13.7. The Morgan fingerprint density at radius 2 is 1.69 bits per heavy atom. The molecule has 6 aromatic rings. The van der Waals surface area contributed by atoms with Crippen molar-refractivity contribution in [3.8, 4) is 11.4 Å². The average molecular weight is 599 g/mol. The SMILES string of the molecule is CCCCc1cc(NC(=O)Nc2ccc(OCc3ccnc(Nc4cnccn4)c3)c3ccccc23)n(-c2ccc(C)cc2)n1. The van der Waals surface area contributed by atoms with Crippen LogP contribution < -0.4 is 20.7 Å². The molecule has 6 rings (SSSR count). The molecular weight excluding hydrogens is 564 g/mol. The molecule has 45 heavy (non-hydrogen) atoms. The van der Waals surface area contributed by atoms with E-state index in [1.165, 1.54) is 0 Å². The summed E-state index contributed by atoms with van der Waals surface area (Å²) < 4.78 is 8.03. The van der Waals surface area contributed by atoms with Crippen molar-refractivity contribution in [3.05, 3.63) is 120 Å². The van der Waals surface area contributed by atoms with Crippen molar-refractivity contribution in [2.75, 3.05) is 16.0 Å². The molecule has 226 valence electrons. The van der Waals surface area contributed by atoms with Gasteiger partial charge in [0, 0.05) is 35.4 Å². The summed E-state index contributed by atoms with van der Waals surface area (Å²) in [5.74, 6) is 2.57. The number of ether oxygens (including phenoxy) is 1. The molecule has 0 spiro atoms. The minimum atomic E-state index is -0.357. The van der Waals surface area contributed by atoms with Gasteiger partial charge in [-0.15, -0.1) is 0 Å². The van der Waals surface area contributed by atoms with E-state index in [4.69, 9.17) is 9.84 Å². The van der Waals surface area contributed by atoms with Crippen LogP contribution in [0.2, 0.25) is 0 Å². The van der Waals surface area contributed by atoms with Crippen LogP contribution in [0, 0.1) is 6.92 Å². The van der Waals surface area contributed by atoms with Crippen LogP contribution in [0.1, 0.15) is 36.6 Å². The lowest BCUT2D eigenvalue weighted by Crippen LogP contribution is -2.21. The number of carbonyl (C=O) groups excluding carboxylic acids is 1. The molecule has 0 fully saturated rings. The van der Waals surface area contributed by atoms with Gasteiger partial charge in [-0.2, -0.15) is 5.10 Å². The third-order valence-electron chi connectivity index (χ3n) is 7.24. The second-order valence-corrected chi connectivity index (χ2v) is 10.7. The van der Waals surface area contributed by atoms with Crippen LogP contribution in [-0.4, -0.2) is 30.8 Å². The average Bonchev–Trinajstić information content (AvgIpc) is 3.46. The maximum atomic E-state index is 13.3. The number of pyridine rings is 1. The first-order valence-electron chi connectivity index (χ1n) is 14.9. The number of hydrogen-bond donors (Lipinski definition) is 3. The summed E-state index contributed by atoms with van der Waals surface area (Å²) >= 11 is 0. The Morgan fingerprint density at radius 1 is 0.867 bits per heavy atom. The normalized spacial score (nSPS) is 10.9. The Hall–Kier alpha value is -5.77. The van der Waals surface area contributed by atoms with Crippen LogP contribution in [0.15, 0.2) is 104 Å². The largest absolute Gasteiger partial charge is 0.488 e. The zero-order valence-electron chi connectivity index (χ0n) is 25.2. The van der Waals surface area contributed by atoms with Gasteiger partial charge in [-0.1, -0.05) is 55.3 Å². The Bertz CT molecular complexity index is 1910. The molecule has 10 nitrogen and oxygen atoms in total. The fraction of sp³-hybridized carbons (Fsp3) is 0.171. The van der Waals surface area contributed by atoms with Gasteiger partial charge >= 0.3 is 6.03 Å². The number of fused-ring (bicyclic) bond motifs is 1. The number of hydrogen-bond acceptors (Lipinski definition) is 7. The minimum absolute atomic E-state index is 0.332. The zero-order chi connectivity index (χ0) is 31.0. The number of unbranched alkanes of at least 4 members (excludes halogenated alkanes) is 1. The highest BCUT2D eigenvalue weighted by molar-refractivity contribution is 6.07. The first-order chi connectivity index (χ1) is 22.1. The fourth-order valence-corrected chi connectivity index (χ4v) is 4.95. The molecule has 0 saturated heterocycles. The number of carbonyl (C=O) groups is 1. The van der Waals surface area contributed by atoms with Crippen molar-refractivity contribution in [1.29, 1.82) is 0 Å².